The van der Waals surface area contributed by atoms with Crippen molar-refractivity contribution in [3.8, 4) is 0 Å². The van der Waals surface area contributed by atoms with E-state index in [4.69, 9.17) is 0 Å². The van der Waals surface area contributed by atoms with Crippen molar-refractivity contribution >= 4 is 17.6 Å². The minimum Gasteiger partial charge on any atom is -0.334 e. The highest BCUT2D eigenvalue weighted by Gasteiger charge is 2.21. The topological polar surface area (TPSA) is 83.1 Å². The Bertz CT molecular complexity index is 934. The van der Waals surface area contributed by atoms with Gasteiger partial charge in [0.05, 0.1) is 0 Å². The van der Waals surface area contributed by atoms with Gasteiger partial charge in [0.1, 0.15) is 11.9 Å². The van der Waals surface area contributed by atoms with Gasteiger partial charge < -0.3 is 16.0 Å². The highest BCUT2D eigenvalue weighted by Crippen LogP contribution is 2.08. The van der Waals surface area contributed by atoms with E-state index in [0.29, 0.717) is 12.1 Å². The Morgan fingerprint density at radius 2 is 1.59 bits per heavy atom. The average Bonchev–Trinajstić information content (AvgIpc) is 2.74. The third-order valence-corrected chi connectivity index (χ3v) is 4.22. The third-order valence-electron chi connectivity index (χ3n) is 4.22. The molecule has 1 heterocycles. The molecule has 1 atom stereocenters. The Kier molecular flexibility index (Phi) is 6.89. The van der Waals surface area contributed by atoms with Crippen LogP contribution in [0, 0.1) is 5.82 Å². The van der Waals surface area contributed by atoms with Crippen molar-refractivity contribution in [2.75, 3.05) is 5.32 Å². The van der Waals surface area contributed by atoms with E-state index in [1.54, 1.807) is 36.7 Å². The molecule has 0 saturated heterocycles. The van der Waals surface area contributed by atoms with Crippen molar-refractivity contribution in [3.05, 3.63) is 96.1 Å². The predicted octanol–water partition coefficient (Wildman–Crippen LogP) is 3.27. The smallest absolute Gasteiger partial charge is 0.315 e. The van der Waals surface area contributed by atoms with E-state index in [-0.39, 0.29) is 18.3 Å². The van der Waals surface area contributed by atoms with Gasteiger partial charge in [-0.1, -0.05) is 42.5 Å². The molecule has 0 spiro atoms. The molecule has 0 fully saturated rings. The summed E-state index contributed by atoms with van der Waals surface area (Å²) >= 11 is 0. The fourth-order valence-electron chi connectivity index (χ4n) is 2.72. The molecule has 3 aromatic rings. The van der Waals surface area contributed by atoms with Crippen molar-refractivity contribution in [1.29, 1.82) is 0 Å². The van der Waals surface area contributed by atoms with Crippen molar-refractivity contribution in [3.63, 3.8) is 0 Å². The zero-order valence-corrected chi connectivity index (χ0v) is 15.6. The van der Waals surface area contributed by atoms with Crippen LogP contribution in [0.25, 0.3) is 0 Å². The van der Waals surface area contributed by atoms with Crippen molar-refractivity contribution in [2.24, 2.45) is 0 Å². The molecular formula is C22H21FN4O2. The Balaban J connectivity index is 1.64. The van der Waals surface area contributed by atoms with Crippen LogP contribution in [0.5, 0.6) is 0 Å². The minimum absolute atomic E-state index is 0.218. The van der Waals surface area contributed by atoms with E-state index < -0.39 is 12.1 Å². The lowest BCUT2D eigenvalue weighted by Gasteiger charge is -2.19. The van der Waals surface area contributed by atoms with Crippen molar-refractivity contribution in [2.45, 2.75) is 19.0 Å². The molecule has 0 radical (unpaired) electrons. The molecule has 29 heavy (non-hydrogen) atoms. The molecule has 3 N–H and O–H groups in total. The van der Waals surface area contributed by atoms with Gasteiger partial charge in [-0.2, -0.15) is 0 Å². The quantitative estimate of drug-likeness (QED) is 0.577. The molecule has 0 aliphatic carbocycles. The van der Waals surface area contributed by atoms with Crippen molar-refractivity contribution in [1.82, 2.24) is 15.6 Å². The van der Waals surface area contributed by atoms with Crippen LogP contribution in [-0.4, -0.2) is 23.0 Å². The summed E-state index contributed by atoms with van der Waals surface area (Å²) in [6, 6.07) is 17.3. The van der Waals surface area contributed by atoms with Crippen molar-refractivity contribution < 1.29 is 14.0 Å². The minimum atomic E-state index is -0.779. The van der Waals surface area contributed by atoms with Gasteiger partial charge in [-0.3, -0.25) is 9.78 Å². The van der Waals surface area contributed by atoms with Gasteiger partial charge in [-0.05, 0) is 35.4 Å². The van der Waals surface area contributed by atoms with E-state index in [1.165, 1.54) is 12.1 Å². The van der Waals surface area contributed by atoms with Gasteiger partial charge in [0, 0.05) is 31.0 Å². The first-order valence-corrected chi connectivity index (χ1v) is 9.14. The summed E-state index contributed by atoms with van der Waals surface area (Å²) in [7, 11) is 0. The number of urea groups is 1. The van der Waals surface area contributed by atoms with Gasteiger partial charge in [0.25, 0.3) is 0 Å². The number of benzene rings is 2. The molecule has 0 saturated carbocycles. The number of aromatic nitrogens is 1. The van der Waals surface area contributed by atoms with Gasteiger partial charge >= 0.3 is 6.03 Å². The highest BCUT2D eigenvalue weighted by atomic mass is 19.1. The van der Waals surface area contributed by atoms with E-state index in [9.17, 15) is 14.0 Å². The molecule has 0 unspecified atom stereocenters. The predicted molar refractivity (Wildman–Crippen MR) is 109 cm³/mol. The summed E-state index contributed by atoms with van der Waals surface area (Å²) in [6.07, 6.45) is 3.48. The second-order valence-corrected chi connectivity index (χ2v) is 6.42. The normalized spacial score (nSPS) is 11.3. The molecule has 3 rings (SSSR count). The molecule has 6 nitrogen and oxygen atoms in total. The molecular weight excluding hydrogens is 371 g/mol. The fourth-order valence-corrected chi connectivity index (χ4v) is 2.72. The van der Waals surface area contributed by atoms with Crippen LogP contribution in [0.4, 0.5) is 14.9 Å². The number of carbonyl (C=O) groups excluding carboxylic acids is 2. The number of carbonyl (C=O) groups is 2. The number of hydrogen-bond acceptors (Lipinski definition) is 3. The Labute approximate surface area is 168 Å². The molecule has 0 bridgehead atoms. The van der Waals surface area contributed by atoms with Gasteiger partial charge in [-0.25, -0.2) is 9.18 Å². The Hall–Kier alpha value is -3.74. The maximum absolute atomic E-state index is 13.0. The number of pyridine rings is 1. The molecule has 7 heteroatoms. The van der Waals surface area contributed by atoms with Crippen LogP contribution in [0.2, 0.25) is 0 Å². The zero-order chi connectivity index (χ0) is 20.5. The molecule has 2 aromatic carbocycles. The molecule has 1 aromatic heterocycles. The van der Waals surface area contributed by atoms with E-state index in [1.807, 2.05) is 30.3 Å². The van der Waals surface area contributed by atoms with Gasteiger partial charge in [0.2, 0.25) is 5.91 Å². The van der Waals surface area contributed by atoms with Gasteiger partial charge in [-0.15, -0.1) is 0 Å². The van der Waals surface area contributed by atoms with Crippen LogP contribution in [-0.2, 0) is 17.8 Å². The second-order valence-electron chi connectivity index (χ2n) is 6.42. The van der Waals surface area contributed by atoms with Crippen LogP contribution < -0.4 is 16.0 Å². The summed E-state index contributed by atoms with van der Waals surface area (Å²) in [5, 5.41) is 8.19. The lowest BCUT2D eigenvalue weighted by Crippen LogP contribution is -2.49. The molecule has 148 valence electrons. The summed E-state index contributed by atoms with van der Waals surface area (Å²) in [5.74, 6) is -0.675. The number of rotatable bonds is 7. The first-order chi connectivity index (χ1) is 14.1. The number of hydrogen-bond donors (Lipinski definition) is 3. The maximum Gasteiger partial charge on any atom is 0.315 e. The van der Waals surface area contributed by atoms with Gasteiger partial charge in [0.15, 0.2) is 0 Å². The number of nitrogens with zero attached hydrogens (tertiary/aromatic N) is 1. The molecule has 0 aliphatic rings. The molecule has 3 amide bonds. The average molecular weight is 392 g/mol. The fraction of sp³-hybridized carbons (Fsp3) is 0.136. The van der Waals surface area contributed by atoms with E-state index in [2.05, 4.69) is 20.9 Å². The zero-order valence-electron chi connectivity index (χ0n) is 15.6. The third kappa shape index (κ3) is 6.42. The number of halogens is 1. The number of amides is 3. The summed E-state index contributed by atoms with van der Waals surface area (Å²) in [4.78, 5) is 29.0. The van der Waals surface area contributed by atoms with E-state index in [0.717, 1.165) is 11.1 Å². The highest BCUT2D eigenvalue weighted by molar-refractivity contribution is 5.97. The first-order valence-electron chi connectivity index (χ1n) is 9.14. The van der Waals surface area contributed by atoms with Crippen LogP contribution >= 0.6 is 0 Å². The summed E-state index contributed by atoms with van der Waals surface area (Å²) in [6.45, 7) is 0.218. The lowest BCUT2D eigenvalue weighted by atomic mass is 10.1. The summed E-state index contributed by atoms with van der Waals surface area (Å²) < 4.78 is 13.0. The maximum atomic E-state index is 13.0. The first kappa shape index (κ1) is 20.0. The molecule has 0 aliphatic heterocycles. The van der Waals surface area contributed by atoms with Crippen LogP contribution in [0.3, 0.4) is 0 Å². The number of anilines is 1. The Morgan fingerprint density at radius 3 is 2.28 bits per heavy atom. The Morgan fingerprint density at radius 1 is 0.897 bits per heavy atom. The second kappa shape index (κ2) is 9.98. The lowest BCUT2D eigenvalue weighted by molar-refractivity contribution is -0.117. The standard InChI is InChI=1S/C22H21FN4O2/c23-18-8-6-17(7-9-18)15-25-22(29)27-20(14-16-4-2-1-3-5-16)21(28)26-19-10-12-24-13-11-19/h1-13,20H,14-15H2,(H,24,26,28)(H2,25,27,29)/t20-/m0/s1. The van der Waals surface area contributed by atoms with Crippen LogP contribution in [0.1, 0.15) is 11.1 Å². The monoisotopic (exact) mass is 392 g/mol. The number of nitrogens with one attached hydrogen (secondary N) is 3. The van der Waals surface area contributed by atoms with Crippen LogP contribution in [0.15, 0.2) is 79.1 Å². The summed E-state index contributed by atoms with van der Waals surface area (Å²) in [5.41, 5.74) is 2.26. The van der Waals surface area contributed by atoms with E-state index >= 15 is 0 Å². The largest absolute Gasteiger partial charge is 0.334 e. The SMILES string of the molecule is O=C(NCc1ccc(F)cc1)N[C@@H](Cc1ccccc1)C(=O)Nc1ccncc1.